The van der Waals surface area contributed by atoms with Crippen molar-refractivity contribution in [1.29, 1.82) is 0 Å². The summed E-state index contributed by atoms with van der Waals surface area (Å²) in [6.07, 6.45) is -12.0. The van der Waals surface area contributed by atoms with E-state index in [1.165, 1.54) is 4.90 Å². The van der Waals surface area contributed by atoms with Gasteiger partial charge in [0.2, 0.25) is 17.6 Å². The van der Waals surface area contributed by atoms with Gasteiger partial charge in [0.1, 0.15) is 6.61 Å². The zero-order valence-electron chi connectivity index (χ0n) is 17.8. The number of carbonyl (C=O) groups excluding carboxylic acids is 2. The third-order valence-electron chi connectivity index (χ3n) is 5.46. The SMILES string of the molecule is C[C@H]1CN(CCCC(=O)N2CCc3c(nc(C(F)(F)C(F)(F)F)nc3C(F)(F)F)C2)C(=O)CO1. The predicted octanol–water partition coefficient (Wildman–Crippen LogP) is 3.06. The van der Waals surface area contributed by atoms with E-state index >= 15 is 0 Å². The number of halogens is 8. The average molecular weight is 504 g/mol. The maximum atomic E-state index is 13.7. The number of aromatic nitrogens is 2. The lowest BCUT2D eigenvalue weighted by Gasteiger charge is -2.32. The van der Waals surface area contributed by atoms with Crippen molar-refractivity contribution in [1.82, 2.24) is 19.8 Å². The van der Waals surface area contributed by atoms with Gasteiger partial charge in [-0.25, -0.2) is 9.97 Å². The molecule has 1 aromatic heterocycles. The van der Waals surface area contributed by atoms with E-state index in [0.29, 0.717) is 6.54 Å². The molecule has 0 saturated carbocycles. The lowest BCUT2D eigenvalue weighted by Crippen LogP contribution is -2.46. The maximum absolute atomic E-state index is 13.7. The Labute approximate surface area is 188 Å². The lowest BCUT2D eigenvalue weighted by molar-refractivity contribution is -0.293. The minimum Gasteiger partial charge on any atom is -0.367 e. The summed E-state index contributed by atoms with van der Waals surface area (Å²) in [5.74, 6) is -8.85. The number of hydrogen-bond donors (Lipinski definition) is 0. The second kappa shape index (κ2) is 9.23. The monoisotopic (exact) mass is 504 g/mol. The van der Waals surface area contributed by atoms with Gasteiger partial charge in [-0.2, -0.15) is 35.1 Å². The summed E-state index contributed by atoms with van der Waals surface area (Å²) < 4.78 is 111. The predicted molar refractivity (Wildman–Crippen MR) is 97.3 cm³/mol. The average Bonchev–Trinajstić information content (AvgIpc) is 2.73. The summed E-state index contributed by atoms with van der Waals surface area (Å²) in [5.41, 5.74) is -3.20. The number of hydrogen-bond acceptors (Lipinski definition) is 5. The first-order valence-electron chi connectivity index (χ1n) is 10.2. The molecule has 0 spiro atoms. The Morgan fingerprint density at radius 1 is 1.12 bits per heavy atom. The minimum absolute atomic E-state index is 0.0931. The van der Waals surface area contributed by atoms with Crippen LogP contribution >= 0.6 is 0 Å². The third kappa shape index (κ3) is 5.39. The molecule has 2 aliphatic heterocycles. The van der Waals surface area contributed by atoms with E-state index in [1.807, 2.05) is 0 Å². The highest BCUT2D eigenvalue weighted by molar-refractivity contribution is 5.78. The van der Waals surface area contributed by atoms with Gasteiger partial charge < -0.3 is 14.5 Å². The summed E-state index contributed by atoms with van der Waals surface area (Å²) in [7, 11) is 0. The van der Waals surface area contributed by atoms with Crippen molar-refractivity contribution in [3.05, 3.63) is 22.8 Å². The molecule has 1 fully saturated rings. The van der Waals surface area contributed by atoms with Gasteiger partial charge in [-0.3, -0.25) is 9.59 Å². The van der Waals surface area contributed by atoms with Crippen molar-refractivity contribution in [2.24, 2.45) is 0 Å². The Balaban J connectivity index is 1.76. The standard InChI is InChI=1S/C19H20F8N4O3/c1-10-7-30(14(33)9-34-10)5-2-3-13(32)31-6-4-11-12(8-31)28-16(17(20,21)19(25,26)27)29-15(11)18(22,23)24/h10H,2-9H2,1H3/t10-/m0/s1. The molecule has 0 aliphatic carbocycles. The fourth-order valence-corrected chi connectivity index (χ4v) is 3.71. The zero-order chi connectivity index (χ0) is 25.5. The van der Waals surface area contributed by atoms with E-state index in [1.54, 1.807) is 6.92 Å². The van der Waals surface area contributed by atoms with Crippen LogP contribution in [-0.4, -0.2) is 70.1 Å². The van der Waals surface area contributed by atoms with Crippen LogP contribution in [0.25, 0.3) is 0 Å². The molecule has 0 bridgehead atoms. The molecule has 0 radical (unpaired) electrons. The Morgan fingerprint density at radius 3 is 2.41 bits per heavy atom. The van der Waals surface area contributed by atoms with Crippen LogP contribution in [0.1, 0.15) is 42.5 Å². The highest BCUT2D eigenvalue weighted by Gasteiger charge is 2.62. The van der Waals surface area contributed by atoms with Crippen LogP contribution in [0.15, 0.2) is 0 Å². The van der Waals surface area contributed by atoms with Gasteiger partial charge in [-0.1, -0.05) is 0 Å². The molecule has 1 aromatic rings. The molecular weight excluding hydrogens is 484 g/mol. The van der Waals surface area contributed by atoms with E-state index in [4.69, 9.17) is 4.74 Å². The highest BCUT2D eigenvalue weighted by atomic mass is 19.4. The van der Waals surface area contributed by atoms with Gasteiger partial charge in [0.05, 0.1) is 18.3 Å². The van der Waals surface area contributed by atoms with Crippen LogP contribution in [0.2, 0.25) is 0 Å². The van der Waals surface area contributed by atoms with Crippen LogP contribution in [0, 0.1) is 0 Å². The maximum Gasteiger partial charge on any atom is 0.461 e. The smallest absolute Gasteiger partial charge is 0.367 e. The molecule has 2 aliphatic rings. The lowest BCUT2D eigenvalue weighted by atomic mass is 10.0. The molecule has 1 atom stereocenters. The number of fused-ring (bicyclic) bond motifs is 1. The number of morpholine rings is 1. The number of ether oxygens (including phenoxy) is 1. The van der Waals surface area contributed by atoms with Gasteiger partial charge in [0.25, 0.3) is 0 Å². The summed E-state index contributed by atoms with van der Waals surface area (Å²) in [5, 5.41) is 0. The highest BCUT2D eigenvalue weighted by Crippen LogP contribution is 2.44. The first-order chi connectivity index (χ1) is 15.6. The van der Waals surface area contributed by atoms with E-state index in [2.05, 4.69) is 9.97 Å². The largest absolute Gasteiger partial charge is 0.461 e. The third-order valence-corrected chi connectivity index (χ3v) is 5.46. The first kappa shape index (κ1) is 26.0. The number of rotatable bonds is 5. The van der Waals surface area contributed by atoms with Gasteiger partial charge in [0.15, 0.2) is 5.69 Å². The fraction of sp³-hybridized carbons (Fsp3) is 0.684. The van der Waals surface area contributed by atoms with Gasteiger partial charge in [0, 0.05) is 31.6 Å². The number of carbonyl (C=O) groups is 2. The molecule has 34 heavy (non-hydrogen) atoms. The first-order valence-corrected chi connectivity index (χ1v) is 10.2. The summed E-state index contributed by atoms with van der Waals surface area (Å²) in [6, 6.07) is 0. The molecule has 3 heterocycles. The van der Waals surface area contributed by atoms with Crippen LogP contribution in [0.3, 0.4) is 0 Å². The topological polar surface area (TPSA) is 75.6 Å². The summed E-state index contributed by atoms with van der Waals surface area (Å²) in [6.45, 7) is 1.34. The quantitative estimate of drug-likeness (QED) is 0.577. The molecule has 190 valence electrons. The van der Waals surface area contributed by atoms with Crippen molar-refractivity contribution in [2.45, 2.75) is 57.1 Å². The molecule has 7 nitrogen and oxygen atoms in total. The van der Waals surface area contributed by atoms with E-state index in [-0.39, 0.29) is 44.5 Å². The van der Waals surface area contributed by atoms with Crippen molar-refractivity contribution >= 4 is 11.8 Å². The summed E-state index contributed by atoms with van der Waals surface area (Å²) >= 11 is 0. The molecule has 0 aromatic carbocycles. The van der Waals surface area contributed by atoms with Crippen LogP contribution < -0.4 is 0 Å². The zero-order valence-corrected chi connectivity index (χ0v) is 17.8. The Bertz CT molecular complexity index is 951. The molecule has 2 amide bonds. The van der Waals surface area contributed by atoms with Crippen LogP contribution in [0.5, 0.6) is 0 Å². The molecule has 15 heteroatoms. The molecule has 0 unspecified atom stereocenters. The fourth-order valence-electron chi connectivity index (χ4n) is 3.71. The van der Waals surface area contributed by atoms with E-state index in [0.717, 1.165) is 4.90 Å². The van der Waals surface area contributed by atoms with Crippen LogP contribution in [0.4, 0.5) is 35.1 Å². The van der Waals surface area contributed by atoms with Gasteiger partial charge in [-0.05, 0) is 19.8 Å². The van der Waals surface area contributed by atoms with Crippen molar-refractivity contribution in [3.8, 4) is 0 Å². The van der Waals surface area contributed by atoms with Crippen molar-refractivity contribution in [2.75, 3.05) is 26.2 Å². The molecule has 3 rings (SSSR count). The van der Waals surface area contributed by atoms with Crippen molar-refractivity contribution < 1.29 is 49.4 Å². The van der Waals surface area contributed by atoms with Gasteiger partial charge in [-0.15, -0.1) is 0 Å². The molecule has 1 saturated heterocycles. The second-order valence-corrected chi connectivity index (χ2v) is 8.02. The molecular formula is C19H20F8N4O3. The number of nitrogens with zero attached hydrogens (tertiary/aromatic N) is 4. The van der Waals surface area contributed by atoms with E-state index in [9.17, 15) is 44.7 Å². The van der Waals surface area contributed by atoms with E-state index < -0.39 is 59.9 Å². The van der Waals surface area contributed by atoms with Gasteiger partial charge >= 0.3 is 18.3 Å². The van der Waals surface area contributed by atoms with Crippen molar-refractivity contribution in [3.63, 3.8) is 0 Å². The number of amides is 2. The summed E-state index contributed by atoms with van der Waals surface area (Å²) in [4.78, 5) is 32.5. The van der Waals surface area contributed by atoms with Crippen LogP contribution in [-0.2, 0) is 39.4 Å². The Hall–Kier alpha value is -2.58. The Kier molecular flexibility index (Phi) is 7.06. The normalized spacial score (nSPS) is 19.9. The Morgan fingerprint density at radius 2 is 1.79 bits per heavy atom. The number of alkyl halides is 8. The molecule has 0 N–H and O–H groups in total. The second-order valence-electron chi connectivity index (χ2n) is 8.02. The minimum atomic E-state index is -6.21.